The molecule has 0 radical (unpaired) electrons. The number of benzene rings is 1. The number of fused-ring (bicyclic) bond motifs is 1. The summed E-state index contributed by atoms with van der Waals surface area (Å²) < 4.78 is 0. The molecule has 9 nitrogen and oxygen atoms in total. The first-order valence-corrected chi connectivity index (χ1v) is 11.5. The third kappa shape index (κ3) is 3.94. The Bertz CT molecular complexity index is 1480. The second kappa shape index (κ2) is 8.93. The molecule has 1 aromatic carbocycles. The summed E-state index contributed by atoms with van der Waals surface area (Å²) in [7, 11) is 0. The van der Waals surface area contributed by atoms with E-state index in [9.17, 15) is 19.7 Å². The summed E-state index contributed by atoms with van der Waals surface area (Å²) in [6, 6.07) is 10.1. The first-order valence-electron chi connectivity index (χ1n) is 9.76. The summed E-state index contributed by atoms with van der Waals surface area (Å²) in [5.74, 6) is -0.0892. The minimum Gasteiger partial charge on any atom is -0.271 e. The van der Waals surface area contributed by atoms with Crippen LogP contribution in [0.25, 0.3) is 31.4 Å². The lowest BCUT2D eigenvalue weighted by atomic mass is 10.1. The highest BCUT2D eigenvalue weighted by molar-refractivity contribution is 7.22. The standard InChI is InChI=1S/C22H15N5O4S2.ClH/c1-11-10-16(28)26(22(11)29)25-20-17-12(2)18(13-5-7-14(8-6-13)27(30)31)33-21(17)24-19(23-20)15-4-3-9-32-15;/h3-10H,1-2H3,(H,23,24,25);1H. The van der Waals surface area contributed by atoms with Gasteiger partial charge in [0.2, 0.25) is 0 Å². The second-order valence-electron chi connectivity index (χ2n) is 7.33. The number of aromatic nitrogens is 2. The zero-order valence-corrected chi connectivity index (χ0v) is 20.2. The van der Waals surface area contributed by atoms with Crippen LogP contribution in [0.3, 0.4) is 0 Å². The van der Waals surface area contributed by atoms with Crippen molar-refractivity contribution in [3.05, 3.63) is 69.1 Å². The van der Waals surface area contributed by atoms with Gasteiger partial charge in [-0.25, -0.2) is 9.97 Å². The van der Waals surface area contributed by atoms with E-state index in [1.807, 2.05) is 24.4 Å². The van der Waals surface area contributed by atoms with E-state index in [-0.39, 0.29) is 18.1 Å². The van der Waals surface area contributed by atoms with Crippen molar-refractivity contribution >= 4 is 68.6 Å². The molecule has 34 heavy (non-hydrogen) atoms. The molecule has 1 aliphatic heterocycles. The van der Waals surface area contributed by atoms with Gasteiger partial charge < -0.3 is 0 Å². The number of hydrogen-bond acceptors (Lipinski definition) is 9. The normalized spacial score (nSPS) is 13.2. The van der Waals surface area contributed by atoms with Crippen LogP contribution in [0, 0.1) is 17.0 Å². The number of carbonyl (C=O) groups excluding carboxylic acids is 2. The maximum Gasteiger partial charge on any atom is 0.275 e. The van der Waals surface area contributed by atoms with E-state index >= 15 is 0 Å². The molecule has 3 aromatic heterocycles. The fourth-order valence-electron chi connectivity index (χ4n) is 3.55. The Hall–Kier alpha value is -3.67. The number of non-ortho nitro benzene ring substituents is 1. The Balaban J connectivity index is 0.00000274. The van der Waals surface area contributed by atoms with E-state index < -0.39 is 16.7 Å². The van der Waals surface area contributed by atoms with Crippen LogP contribution in [0.15, 0.2) is 53.4 Å². The first-order chi connectivity index (χ1) is 15.8. The number of nitro groups is 1. The monoisotopic (exact) mass is 513 g/mol. The Labute approximate surface area is 207 Å². The number of hydrazine groups is 1. The van der Waals surface area contributed by atoms with Gasteiger partial charge in [0.15, 0.2) is 11.6 Å². The molecule has 0 atom stereocenters. The number of rotatable bonds is 5. The largest absolute Gasteiger partial charge is 0.275 e. The minimum absolute atomic E-state index is 0. The van der Waals surface area contributed by atoms with E-state index in [1.165, 1.54) is 40.9 Å². The summed E-state index contributed by atoms with van der Waals surface area (Å²) >= 11 is 2.90. The van der Waals surface area contributed by atoms with Crippen molar-refractivity contribution in [2.24, 2.45) is 0 Å². The average Bonchev–Trinajstić information content (AvgIpc) is 3.50. The molecule has 0 unspecified atom stereocenters. The summed E-state index contributed by atoms with van der Waals surface area (Å²) in [5.41, 5.74) is 4.89. The number of imide groups is 1. The van der Waals surface area contributed by atoms with Crippen molar-refractivity contribution < 1.29 is 14.5 Å². The highest BCUT2D eigenvalue weighted by Crippen LogP contribution is 2.41. The van der Waals surface area contributed by atoms with Crippen molar-refractivity contribution in [2.75, 3.05) is 5.43 Å². The molecule has 0 saturated carbocycles. The molecule has 0 bridgehead atoms. The van der Waals surface area contributed by atoms with Crippen molar-refractivity contribution in [3.63, 3.8) is 0 Å². The maximum absolute atomic E-state index is 12.4. The summed E-state index contributed by atoms with van der Waals surface area (Å²) in [6.45, 7) is 3.48. The van der Waals surface area contributed by atoms with E-state index in [0.29, 0.717) is 27.4 Å². The number of amides is 2. The quantitative estimate of drug-likeness (QED) is 0.216. The molecule has 0 fully saturated rings. The molecule has 4 heterocycles. The number of nitrogens with zero attached hydrogens (tertiary/aromatic N) is 4. The molecule has 0 saturated heterocycles. The van der Waals surface area contributed by atoms with Crippen LogP contribution in [-0.4, -0.2) is 31.7 Å². The molecule has 5 rings (SSSR count). The number of halogens is 1. The number of anilines is 1. The van der Waals surface area contributed by atoms with E-state index in [4.69, 9.17) is 4.98 Å². The van der Waals surface area contributed by atoms with Gasteiger partial charge in [0, 0.05) is 28.7 Å². The Morgan fingerprint density at radius 3 is 2.41 bits per heavy atom. The molecule has 2 amide bonds. The van der Waals surface area contributed by atoms with Crippen LogP contribution in [-0.2, 0) is 9.59 Å². The van der Waals surface area contributed by atoms with Gasteiger partial charge in [0.25, 0.3) is 17.5 Å². The van der Waals surface area contributed by atoms with Crippen molar-refractivity contribution in [3.8, 4) is 21.1 Å². The van der Waals surface area contributed by atoms with Gasteiger partial charge >= 0.3 is 0 Å². The van der Waals surface area contributed by atoms with Crippen LogP contribution in [0.2, 0.25) is 0 Å². The van der Waals surface area contributed by atoms with E-state index in [0.717, 1.165) is 25.9 Å². The minimum atomic E-state index is -0.467. The first kappa shape index (κ1) is 23.5. The highest BCUT2D eigenvalue weighted by Gasteiger charge is 2.30. The lowest BCUT2D eigenvalue weighted by molar-refractivity contribution is -0.384. The number of aryl methyl sites for hydroxylation is 1. The van der Waals surface area contributed by atoms with Gasteiger partial charge in [0.05, 0.1) is 15.2 Å². The van der Waals surface area contributed by atoms with Gasteiger partial charge in [-0.2, -0.15) is 5.01 Å². The number of hydrogen-bond donors (Lipinski definition) is 1. The molecule has 1 aliphatic rings. The Morgan fingerprint density at radius 2 is 1.82 bits per heavy atom. The van der Waals surface area contributed by atoms with Gasteiger partial charge in [-0.1, -0.05) is 6.07 Å². The predicted octanol–water partition coefficient (Wildman–Crippen LogP) is 5.37. The summed E-state index contributed by atoms with van der Waals surface area (Å²) in [4.78, 5) is 47.1. The number of carbonyl (C=O) groups is 2. The summed E-state index contributed by atoms with van der Waals surface area (Å²) in [6.07, 6.45) is 1.27. The fourth-order valence-corrected chi connectivity index (χ4v) is 5.39. The molecule has 1 N–H and O–H groups in total. The molecular weight excluding hydrogens is 498 g/mol. The number of thiophene rings is 2. The van der Waals surface area contributed by atoms with E-state index in [2.05, 4.69) is 10.4 Å². The molecule has 12 heteroatoms. The Kier molecular flexibility index (Phi) is 6.17. The Morgan fingerprint density at radius 1 is 1.09 bits per heavy atom. The van der Waals surface area contributed by atoms with Crippen LogP contribution in [0.5, 0.6) is 0 Å². The fraction of sp³-hybridized carbons (Fsp3) is 0.0909. The number of nitro benzene ring substituents is 1. The zero-order valence-electron chi connectivity index (χ0n) is 17.8. The van der Waals surface area contributed by atoms with Crippen LogP contribution in [0.1, 0.15) is 12.5 Å². The summed E-state index contributed by atoms with van der Waals surface area (Å²) in [5, 5.41) is 14.5. The molecule has 172 valence electrons. The lowest BCUT2D eigenvalue weighted by Crippen LogP contribution is -2.36. The predicted molar refractivity (Wildman–Crippen MR) is 134 cm³/mol. The zero-order chi connectivity index (χ0) is 23.3. The number of nitrogens with one attached hydrogen (secondary N) is 1. The van der Waals surface area contributed by atoms with E-state index in [1.54, 1.807) is 19.1 Å². The second-order valence-corrected chi connectivity index (χ2v) is 9.28. The van der Waals surface area contributed by atoms with Gasteiger partial charge in [0.1, 0.15) is 4.83 Å². The van der Waals surface area contributed by atoms with Crippen molar-refractivity contribution in [1.29, 1.82) is 0 Å². The third-order valence-corrected chi connectivity index (χ3v) is 7.29. The maximum atomic E-state index is 12.4. The van der Waals surface area contributed by atoms with Gasteiger partial charge in [-0.05, 0) is 48.6 Å². The third-order valence-electron chi connectivity index (χ3n) is 5.19. The van der Waals surface area contributed by atoms with Gasteiger partial charge in [-0.3, -0.25) is 25.1 Å². The smallest absolute Gasteiger partial charge is 0.271 e. The van der Waals surface area contributed by atoms with Crippen molar-refractivity contribution in [2.45, 2.75) is 13.8 Å². The van der Waals surface area contributed by atoms with Crippen LogP contribution >= 0.6 is 35.1 Å². The van der Waals surface area contributed by atoms with Crippen LogP contribution in [0.4, 0.5) is 11.5 Å². The molecule has 0 spiro atoms. The van der Waals surface area contributed by atoms with Crippen LogP contribution < -0.4 is 5.43 Å². The molecule has 0 aliphatic carbocycles. The van der Waals surface area contributed by atoms with Gasteiger partial charge in [-0.15, -0.1) is 35.1 Å². The van der Waals surface area contributed by atoms with Crippen molar-refractivity contribution in [1.82, 2.24) is 15.0 Å². The molecule has 4 aromatic rings. The highest BCUT2D eigenvalue weighted by atomic mass is 35.5. The SMILES string of the molecule is CC1=CC(=O)N(Nc2nc(-c3cccs3)nc3sc(-c4ccc([N+](=O)[O-])cc4)c(C)c23)C1=O.Cl. The lowest BCUT2D eigenvalue weighted by Gasteiger charge is -2.17. The average molecular weight is 514 g/mol. The molecular formula is C22H16ClN5O4S2. The topological polar surface area (TPSA) is 118 Å².